The number of halogens is 1. The lowest BCUT2D eigenvalue weighted by Gasteiger charge is -1.90. The Morgan fingerprint density at radius 2 is 1.35 bits per heavy atom. The van der Waals surface area contributed by atoms with Crippen LogP contribution in [0.3, 0.4) is 0 Å². The Balaban J connectivity index is 0.000000217. The summed E-state index contributed by atoms with van der Waals surface area (Å²) in [6.45, 7) is 0. The van der Waals surface area contributed by atoms with Gasteiger partial charge in [-0.1, -0.05) is 30.3 Å². The highest BCUT2D eigenvalue weighted by Crippen LogP contribution is 2.18. The second-order valence-corrected chi connectivity index (χ2v) is 3.92. The Kier molecular flexibility index (Phi) is 6.12. The summed E-state index contributed by atoms with van der Waals surface area (Å²) in [5, 5.41) is 20.3. The third-order valence-electron chi connectivity index (χ3n) is 2.25. The van der Waals surface area contributed by atoms with Crippen LogP contribution >= 0.6 is 11.6 Å². The molecular weight excluding hydrogens is 284 g/mol. The first-order chi connectivity index (χ1) is 9.54. The zero-order chi connectivity index (χ0) is 15.0. The van der Waals surface area contributed by atoms with E-state index in [0.29, 0.717) is 5.88 Å². The molecule has 20 heavy (non-hydrogen) atoms. The predicted octanol–water partition coefficient (Wildman–Crippen LogP) is 3.93. The van der Waals surface area contributed by atoms with Gasteiger partial charge in [0.1, 0.15) is 0 Å². The Hall–Kier alpha value is -2.47. The number of nitro benzene ring substituents is 2. The Morgan fingerprint density at radius 1 is 0.850 bits per heavy atom. The molecule has 0 saturated carbocycles. The van der Waals surface area contributed by atoms with Crippen molar-refractivity contribution >= 4 is 23.0 Å². The fourth-order valence-corrected chi connectivity index (χ4v) is 1.47. The van der Waals surface area contributed by atoms with Crippen LogP contribution in [-0.2, 0) is 5.88 Å². The fraction of sp³-hybridized carbons (Fsp3) is 0.0769. The maximum absolute atomic E-state index is 10.2. The highest BCUT2D eigenvalue weighted by molar-refractivity contribution is 6.17. The molecule has 2 rings (SSSR count). The summed E-state index contributed by atoms with van der Waals surface area (Å²) in [7, 11) is 0. The quantitative estimate of drug-likeness (QED) is 0.487. The van der Waals surface area contributed by atoms with Crippen LogP contribution in [0.4, 0.5) is 11.4 Å². The molecule has 0 radical (unpaired) electrons. The molecule has 0 aliphatic rings. The van der Waals surface area contributed by atoms with Crippen LogP contribution in [0.25, 0.3) is 0 Å². The lowest BCUT2D eigenvalue weighted by Crippen LogP contribution is -1.91. The predicted molar refractivity (Wildman–Crippen MR) is 75.7 cm³/mol. The minimum Gasteiger partial charge on any atom is -0.258 e. The lowest BCUT2D eigenvalue weighted by molar-refractivity contribution is -0.394. The minimum atomic E-state index is -0.674. The van der Waals surface area contributed by atoms with Gasteiger partial charge in [0.25, 0.3) is 11.4 Å². The number of hydrogen-bond donors (Lipinski definition) is 0. The van der Waals surface area contributed by atoms with Gasteiger partial charge in [0.2, 0.25) is 0 Å². The average Bonchev–Trinajstić information content (AvgIpc) is 2.49. The molecule has 0 atom stereocenters. The molecule has 104 valence electrons. The van der Waals surface area contributed by atoms with Gasteiger partial charge >= 0.3 is 0 Å². The molecule has 2 aromatic rings. The number of nitrogens with zero attached hydrogens (tertiary/aromatic N) is 2. The Labute approximate surface area is 119 Å². The Morgan fingerprint density at radius 3 is 1.70 bits per heavy atom. The third-order valence-corrected chi connectivity index (χ3v) is 2.56. The van der Waals surface area contributed by atoms with Crippen LogP contribution in [0.2, 0.25) is 0 Å². The zero-order valence-corrected chi connectivity index (χ0v) is 11.1. The van der Waals surface area contributed by atoms with Crippen molar-refractivity contribution in [2.75, 3.05) is 0 Å². The zero-order valence-electron chi connectivity index (χ0n) is 10.3. The summed E-state index contributed by atoms with van der Waals surface area (Å²) in [5.41, 5.74) is 0.627. The highest BCUT2D eigenvalue weighted by Gasteiger charge is 2.11. The molecule has 0 spiro atoms. The number of rotatable bonds is 3. The van der Waals surface area contributed by atoms with Gasteiger partial charge in [-0.3, -0.25) is 20.2 Å². The average molecular weight is 295 g/mol. The van der Waals surface area contributed by atoms with E-state index in [4.69, 9.17) is 11.6 Å². The van der Waals surface area contributed by atoms with Crippen LogP contribution in [-0.4, -0.2) is 9.85 Å². The van der Waals surface area contributed by atoms with Gasteiger partial charge in [-0.15, -0.1) is 11.6 Å². The molecule has 0 saturated heterocycles. The molecule has 0 bridgehead atoms. The van der Waals surface area contributed by atoms with Gasteiger partial charge in [-0.05, 0) is 11.6 Å². The van der Waals surface area contributed by atoms with E-state index in [1.165, 1.54) is 23.8 Å². The Bertz CT molecular complexity index is 561. The number of benzene rings is 2. The second kappa shape index (κ2) is 7.85. The summed E-state index contributed by atoms with van der Waals surface area (Å²) in [4.78, 5) is 19.0. The van der Waals surface area contributed by atoms with Crippen LogP contribution in [0.15, 0.2) is 54.6 Å². The summed E-state index contributed by atoms with van der Waals surface area (Å²) < 4.78 is 0. The standard InChI is InChI=1S/C7H7Cl.C6H4N2O4/c8-6-7-4-2-1-3-5-7;9-7(10)5-2-1-3-6(4-5)8(11)12/h1-5H,6H2;1-4H. The molecule has 0 fully saturated rings. The van der Waals surface area contributed by atoms with Gasteiger partial charge in [-0.25, -0.2) is 0 Å². The van der Waals surface area contributed by atoms with Crippen molar-refractivity contribution in [2.45, 2.75) is 5.88 Å². The van der Waals surface area contributed by atoms with Crippen molar-refractivity contribution < 1.29 is 9.85 Å². The van der Waals surface area contributed by atoms with Crippen molar-refractivity contribution in [1.82, 2.24) is 0 Å². The normalized spacial score (nSPS) is 9.25. The molecule has 0 unspecified atom stereocenters. The summed E-state index contributed by atoms with van der Waals surface area (Å²) in [6, 6.07) is 14.6. The number of hydrogen-bond acceptors (Lipinski definition) is 4. The van der Waals surface area contributed by atoms with E-state index < -0.39 is 9.85 Å². The first-order valence-corrected chi connectivity index (χ1v) is 6.06. The molecule has 0 aromatic heterocycles. The van der Waals surface area contributed by atoms with E-state index in [1.54, 1.807) is 0 Å². The van der Waals surface area contributed by atoms with E-state index in [9.17, 15) is 20.2 Å². The molecule has 2 aromatic carbocycles. The monoisotopic (exact) mass is 294 g/mol. The third kappa shape index (κ3) is 5.03. The minimum absolute atomic E-state index is 0.274. The van der Waals surface area contributed by atoms with Crippen molar-refractivity contribution in [3.8, 4) is 0 Å². The molecule has 6 nitrogen and oxygen atoms in total. The van der Waals surface area contributed by atoms with Crippen LogP contribution < -0.4 is 0 Å². The smallest absolute Gasteiger partial charge is 0.258 e. The first-order valence-electron chi connectivity index (χ1n) is 5.53. The van der Waals surface area contributed by atoms with E-state index in [0.717, 1.165) is 6.07 Å². The van der Waals surface area contributed by atoms with E-state index in [2.05, 4.69) is 0 Å². The van der Waals surface area contributed by atoms with E-state index in [1.807, 2.05) is 30.3 Å². The van der Waals surface area contributed by atoms with Gasteiger partial charge in [-0.2, -0.15) is 0 Å². The summed E-state index contributed by atoms with van der Waals surface area (Å²) in [6.07, 6.45) is 0. The van der Waals surface area contributed by atoms with Crippen molar-refractivity contribution in [3.63, 3.8) is 0 Å². The molecule has 7 heteroatoms. The van der Waals surface area contributed by atoms with Crippen molar-refractivity contribution in [2.24, 2.45) is 0 Å². The SMILES string of the molecule is ClCc1ccccc1.O=[N+]([O-])c1cccc([N+](=O)[O-])c1. The van der Waals surface area contributed by atoms with Crippen molar-refractivity contribution in [1.29, 1.82) is 0 Å². The largest absolute Gasteiger partial charge is 0.276 e. The summed E-state index contributed by atoms with van der Waals surface area (Å²) >= 11 is 5.53. The fourth-order valence-electron chi connectivity index (χ4n) is 1.29. The van der Waals surface area contributed by atoms with E-state index in [-0.39, 0.29) is 11.4 Å². The van der Waals surface area contributed by atoms with Gasteiger partial charge in [0.05, 0.1) is 15.9 Å². The number of non-ortho nitro benzene ring substituents is 2. The highest BCUT2D eigenvalue weighted by atomic mass is 35.5. The molecule has 0 heterocycles. The first kappa shape index (κ1) is 15.6. The maximum Gasteiger partial charge on any atom is 0.276 e. The molecule has 0 N–H and O–H groups in total. The summed E-state index contributed by atoms with van der Waals surface area (Å²) in [5.74, 6) is 0.612. The van der Waals surface area contributed by atoms with Crippen molar-refractivity contribution in [3.05, 3.63) is 80.4 Å². The number of nitro groups is 2. The van der Waals surface area contributed by atoms with Crippen LogP contribution in [0.1, 0.15) is 5.56 Å². The van der Waals surface area contributed by atoms with Gasteiger partial charge in [0, 0.05) is 18.0 Å². The van der Waals surface area contributed by atoms with Crippen LogP contribution in [0, 0.1) is 20.2 Å². The van der Waals surface area contributed by atoms with Gasteiger partial charge in [0.15, 0.2) is 0 Å². The van der Waals surface area contributed by atoms with Crippen LogP contribution in [0.5, 0.6) is 0 Å². The van der Waals surface area contributed by atoms with E-state index >= 15 is 0 Å². The molecule has 0 amide bonds. The van der Waals surface area contributed by atoms with Gasteiger partial charge < -0.3 is 0 Å². The molecular formula is C13H11ClN2O4. The topological polar surface area (TPSA) is 86.3 Å². The second-order valence-electron chi connectivity index (χ2n) is 3.65. The molecule has 0 aliphatic heterocycles. The maximum atomic E-state index is 10.2. The molecule has 0 aliphatic carbocycles. The number of alkyl halides is 1. The lowest BCUT2D eigenvalue weighted by atomic mass is 10.2.